The van der Waals surface area contributed by atoms with Gasteiger partial charge in [-0.1, -0.05) is 206 Å². The minimum atomic E-state index is -0.587. The lowest BCUT2D eigenvalue weighted by Crippen LogP contribution is -2.34. The monoisotopic (exact) mass is 696 g/mol. The predicted octanol–water partition coefficient (Wildman–Crippen LogP) is 14.5. The fourth-order valence-electron chi connectivity index (χ4n) is 9.63. The van der Waals surface area contributed by atoms with E-state index in [9.17, 15) is 0 Å². The molecule has 0 aromatic heterocycles. The van der Waals surface area contributed by atoms with Crippen molar-refractivity contribution in [3.63, 3.8) is 0 Å². The molecule has 256 valence electrons. The maximum absolute atomic E-state index is 2.49. The standard InChI is InChI=1S/C55H36/c1-4-17-37(18-5-1)39-21-14-22-40(35-39)41-33-34-48-51(36-41)55(42-23-6-2-7-24-42,43-25-8-3-9-26-43)50-32-16-31-49-52(45-30-15-20-38-19-10-11-27-44(38)45)46-28-12-13-29-47(46)53(48)54(49)50/h1-36H. The third-order valence-electron chi connectivity index (χ3n) is 11.9. The van der Waals surface area contributed by atoms with Crippen molar-refractivity contribution >= 4 is 32.3 Å². The van der Waals surface area contributed by atoms with Gasteiger partial charge in [0.25, 0.3) is 0 Å². The van der Waals surface area contributed by atoms with Crippen molar-refractivity contribution in [3.8, 4) is 44.5 Å². The van der Waals surface area contributed by atoms with Gasteiger partial charge in [0.2, 0.25) is 0 Å². The molecule has 1 aliphatic carbocycles. The summed E-state index contributed by atoms with van der Waals surface area (Å²) in [5, 5.41) is 7.68. The molecule has 0 saturated heterocycles. The zero-order valence-electron chi connectivity index (χ0n) is 30.3. The second-order valence-corrected chi connectivity index (χ2v) is 14.7. The quantitative estimate of drug-likeness (QED) is 0.157. The van der Waals surface area contributed by atoms with Gasteiger partial charge in [-0.25, -0.2) is 0 Å². The van der Waals surface area contributed by atoms with Gasteiger partial charge in [-0.3, -0.25) is 0 Å². The normalized spacial score (nSPS) is 12.9. The van der Waals surface area contributed by atoms with E-state index in [4.69, 9.17) is 0 Å². The molecule has 0 unspecified atom stereocenters. The Kier molecular flexibility index (Phi) is 7.19. The Bertz CT molecular complexity index is 3020. The van der Waals surface area contributed by atoms with E-state index in [0.717, 1.165) is 0 Å². The highest BCUT2D eigenvalue weighted by Crippen LogP contribution is 2.59. The molecule has 0 aliphatic heterocycles. The third-order valence-corrected chi connectivity index (χ3v) is 11.9. The Morgan fingerprint density at radius 2 is 0.782 bits per heavy atom. The van der Waals surface area contributed by atoms with Crippen molar-refractivity contribution in [1.29, 1.82) is 0 Å². The van der Waals surface area contributed by atoms with Crippen molar-refractivity contribution in [3.05, 3.63) is 241 Å². The van der Waals surface area contributed by atoms with Crippen molar-refractivity contribution in [2.24, 2.45) is 0 Å². The number of hydrogen-bond acceptors (Lipinski definition) is 0. The highest BCUT2D eigenvalue weighted by atomic mass is 14.5. The highest BCUT2D eigenvalue weighted by Gasteiger charge is 2.45. The minimum absolute atomic E-state index is 0.587. The molecular weight excluding hydrogens is 661 g/mol. The molecule has 0 bridgehead atoms. The summed E-state index contributed by atoms with van der Waals surface area (Å²) < 4.78 is 0. The fourth-order valence-corrected chi connectivity index (χ4v) is 9.63. The zero-order chi connectivity index (χ0) is 36.3. The van der Waals surface area contributed by atoms with E-state index in [2.05, 4.69) is 218 Å². The zero-order valence-corrected chi connectivity index (χ0v) is 30.3. The number of fused-ring (bicyclic) bond motifs is 5. The molecular formula is C55H36. The SMILES string of the molecule is c1ccc(-c2cccc(-c3ccc4c(c3)C(c3ccccc3)(c3ccccc3)c3cccc5c(-c6cccc7ccccc67)c6ccccc6c-4c35)c2)cc1. The van der Waals surface area contributed by atoms with Crippen LogP contribution in [0.15, 0.2) is 218 Å². The molecule has 1 aliphatic rings. The summed E-state index contributed by atoms with van der Waals surface area (Å²) in [6, 6.07) is 81.0. The van der Waals surface area contributed by atoms with Gasteiger partial charge in [0, 0.05) is 0 Å². The Labute approximate surface area is 321 Å². The van der Waals surface area contributed by atoms with Crippen LogP contribution in [0.5, 0.6) is 0 Å². The van der Waals surface area contributed by atoms with Crippen LogP contribution in [0.1, 0.15) is 22.3 Å². The van der Waals surface area contributed by atoms with Crippen LogP contribution in [-0.4, -0.2) is 0 Å². The van der Waals surface area contributed by atoms with Gasteiger partial charge in [-0.05, 0) is 111 Å². The number of rotatable bonds is 5. The predicted molar refractivity (Wildman–Crippen MR) is 233 cm³/mol. The van der Waals surface area contributed by atoms with E-state index >= 15 is 0 Å². The lowest BCUT2D eigenvalue weighted by atomic mass is 9.58. The molecule has 10 aromatic rings. The Morgan fingerprint density at radius 1 is 0.273 bits per heavy atom. The summed E-state index contributed by atoms with van der Waals surface area (Å²) in [6.45, 7) is 0. The molecule has 0 atom stereocenters. The Morgan fingerprint density at radius 3 is 1.51 bits per heavy atom. The van der Waals surface area contributed by atoms with Gasteiger partial charge in [-0.2, -0.15) is 0 Å². The minimum Gasteiger partial charge on any atom is -0.0622 e. The summed E-state index contributed by atoms with van der Waals surface area (Å²) in [5.41, 5.74) is 14.6. The molecule has 55 heavy (non-hydrogen) atoms. The van der Waals surface area contributed by atoms with E-state index < -0.39 is 5.41 Å². The molecule has 0 fully saturated rings. The molecule has 0 N–H and O–H groups in total. The average molecular weight is 697 g/mol. The molecule has 0 heterocycles. The van der Waals surface area contributed by atoms with Gasteiger partial charge in [-0.15, -0.1) is 0 Å². The maximum Gasteiger partial charge on any atom is 0.0714 e. The van der Waals surface area contributed by atoms with Crippen LogP contribution in [0, 0.1) is 0 Å². The fraction of sp³-hybridized carbons (Fsp3) is 0.0182. The first-order chi connectivity index (χ1) is 27.3. The van der Waals surface area contributed by atoms with Crippen LogP contribution in [0.4, 0.5) is 0 Å². The first-order valence-electron chi connectivity index (χ1n) is 19.2. The van der Waals surface area contributed by atoms with Crippen molar-refractivity contribution in [2.75, 3.05) is 0 Å². The van der Waals surface area contributed by atoms with Crippen LogP contribution >= 0.6 is 0 Å². The second-order valence-electron chi connectivity index (χ2n) is 14.7. The van der Waals surface area contributed by atoms with Crippen molar-refractivity contribution in [1.82, 2.24) is 0 Å². The molecule has 0 saturated carbocycles. The molecule has 10 aromatic carbocycles. The van der Waals surface area contributed by atoms with E-state index in [0.29, 0.717) is 0 Å². The van der Waals surface area contributed by atoms with Gasteiger partial charge >= 0.3 is 0 Å². The van der Waals surface area contributed by atoms with Crippen LogP contribution in [-0.2, 0) is 5.41 Å². The second kappa shape index (κ2) is 12.5. The maximum atomic E-state index is 2.49. The summed E-state index contributed by atoms with van der Waals surface area (Å²) in [7, 11) is 0. The van der Waals surface area contributed by atoms with Crippen LogP contribution in [0.25, 0.3) is 76.8 Å². The van der Waals surface area contributed by atoms with Gasteiger partial charge in [0.1, 0.15) is 0 Å². The van der Waals surface area contributed by atoms with Crippen molar-refractivity contribution < 1.29 is 0 Å². The summed E-state index contributed by atoms with van der Waals surface area (Å²) in [6.07, 6.45) is 0. The number of hydrogen-bond donors (Lipinski definition) is 0. The molecule has 11 rings (SSSR count). The summed E-state index contributed by atoms with van der Waals surface area (Å²) in [4.78, 5) is 0. The Balaban J connectivity index is 1.31. The lowest BCUT2D eigenvalue weighted by molar-refractivity contribution is 0.750. The smallest absolute Gasteiger partial charge is 0.0622 e. The highest BCUT2D eigenvalue weighted by molar-refractivity contribution is 6.26. The summed E-state index contributed by atoms with van der Waals surface area (Å²) in [5.74, 6) is 0. The van der Waals surface area contributed by atoms with Crippen molar-refractivity contribution in [2.45, 2.75) is 5.41 Å². The first kappa shape index (κ1) is 31.5. The molecule has 0 heteroatoms. The van der Waals surface area contributed by atoms with Crippen LogP contribution < -0.4 is 0 Å². The number of benzene rings is 10. The van der Waals surface area contributed by atoms with E-state index in [1.165, 1.54) is 99.1 Å². The third kappa shape index (κ3) is 4.72. The molecule has 0 radical (unpaired) electrons. The van der Waals surface area contributed by atoms with Gasteiger partial charge in [0.15, 0.2) is 0 Å². The van der Waals surface area contributed by atoms with E-state index in [1.54, 1.807) is 0 Å². The van der Waals surface area contributed by atoms with E-state index in [-0.39, 0.29) is 0 Å². The molecule has 0 nitrogen and oxygen atoms in total. The van der Waals surface area contributed by atoms with Gasteiger partial charge in [0.05, 0.1) is 5.41 Å². The lowest BCUT2D eigenvalue weighted by Gasteiger charge is -2.43. The molecule has 0 amide bonds. The van der Waals surface area contributed by atoms with Gasteiger partial charge < -0.3 is 0 Å². The average Bonchev–Trinajstić information content (AvgIpc) is 3.27. The van der Waals surface area contributed by atoms with Crippen LogP contribution in [0.2, 0.25) is 0 Å². The largest absolute Gasteiger partial charge is 0.0714 e. The first-order valence-corrected chi connectivity index (χ1v) is 19.2. The topological polar surface area (TPSA) is 0 Å². The Hall–Kier alpha value is -7.02. The van der Waals surface area contributed by atoms with Crippen LogP contribution in [0.3, 0.4) is 0 Å². The molecule has 0 spiro atoms. The summed E-state index contributed by atoms with van der Waals surface area (Å²) >= 11 is 0. The van der Waals surface area contributed by atoms with E-state index in [1.807, 2.05) is 0 Å².